The van der Waals surface area contributed by atoms with Crippen molar-refractivity contribution in [3.8, 4) is 5.75 Å². The molecule has 0 spiro atoms. The molecular weight excluding hydrogens is 332 g/mol. The van der Waals surface area contributed by atoms with Crippen molar-refractivity contribution in [2.75, 3.05) is 33.3 Å². The van der Waals surface area contributed by atoms with E-state index in [1.807, 2.05) is 23.1 Å². The molecular formula is C19H26N4O3. The molecule has 0 saturated carbocycles. The number of nitrogens with zero attached hydrogens (tertiary/aromatic N) is 4. The van der Waals surface area contributed by atoms with E-state index in [1.54, 1.807) is 13.2 Å². The number of aryl methyl sites for hydroxylation is 1. The molecule has 7 heteroatoms. The van der Waals surface area contributed by atoms with Crippen molar-refractivity contribution in [3.05, 3.63) is 41.5 Å². The van der Waals surface area contributed by atoms with Gasteiger partial charge in [-0.1, -0.05) is 24.6 Å². The van der Waals surface area contributed by atoms with Crippen LogP contribution in [-0.2, 0) is 13.0 Å². The molecule has 140 valence electrons. The van der Waals surface area contributed by atoms with E-state index >= 15 is 0 Å². The number of rotatable bonds is 7. The van der Waals surface area contributed by atoms with Gasteiger partial charge in [-0.3, -0.25) is 9.69 Å². The van der Waals surface area contributed by atoms with E-state index in [4.69, 9.17) is 9.26 Å². The van der Waals surface area contributed by atoms with E-state index in [0.717, 1.165) is 38.2 Å². The van der Waals surface area contributed by atoms with E-state index in [-0.39, 0.29) is 5.91 Å². The quantitative estimate of drug-likeness (QED) is 0.757. The summed E-state index contributed by atoms with van der Waals surface area (Å²) < 4.78 is 10.5. The topological polar surface area (TPSA) is 71.7 Å². The highest BCUT2D eigenvalue weighted by atomic mass is 16.5. The number of carbonyl (C=O) groups excluding carboxylic acids is 1. The Balaban J connectivity index is 1.50. The Bertz CT molecular complexity index is 723. The number of benzene rings is 1. The molecule has 1 aromatic carbocycles. The third kappa shape index (κ3) is 4.60. The normalized spacial score (nSPS) is 15.2. The smallest absolute Gasteiger partial charge is 0.254 e. The lowest BCUT2D eigenvalue weighted by Gasteiger charge is -2.34. The molecule has 0 atom stereocenters. The largest absolute Gasteiger partial charge is 0.497 e. The molecule has 0 N–H and O–H groups in total. The third-order valence-electron chi connectivity index (χ3n) is 4.60. The van der Waals surface area contributed by atoms with E-state index in [9.17, 15) is 4.79 Å². The molecule has 0 radical (unpaired) electrons. The molecule has 2 aromatic rings. The van der Waals surface area contributed by atoms with Crippen molar-refractivity contribution in [1.29, 1.82) is 0 Å². The zero-order chi connectivity index (χ0) is 18.4. The van der Waals surface area contributed by atoms with Crippen molar-refractivity contribution in [2.24, 2.45) is 0 Å². The highest BCUT2D eigenvalue weighted by Crippen LogP contribution is 2.16. The fourth-order valence-electron chi connectivity index (χ4n) is 3.03. The first-order chi connectivity index (χ1) is 12.7. The van der Waals surface area contributed by atoms with Gasteiger partial charge in [0.25, 0.3) is 5.91 Å². The van der Waals surface area contributed by atoms with Gasteiger partial charge in [0.1, 0.15) is 5.75 Å². The van der Waals surface area contributed by atoms with Gasteiger partial charge in [-0.05, 0) is 24.6 Å². The molecule has 2 heterocycles. The predicted molar refractivity (Wildman–Crippen MR) is 97.1 cm³/mol. The zero-order valence-corrected chi connectivity index (χ0v) is 15.5. The highest BCUT2D eigenvalue weighted by Gasteiger charge is 2.23. The van der Waals surface area contributed by atoms with Crippen molar-refractivity contribution < 1.29 is 14.1 Å². The van der Waals surface area contributed by atoms with Gasteiger partial charge in [-0.2, -0.15) is 4.98 Å². The van der Waals surface area contributed by atoms with Gasteiger partial charge in [0.15, 0.2) is 5.82 Å². The minimum atomic E-state index is 0.0446. The van der Waals surface area contributed by atoms with Crippen LogP contribution in [0.2, 0.25) is 0 Å². The highest BCUT2D eigenvalue weighted by molar-refractivity contribution is 5.94. The van der Waals surface area contributed by atoms with Gasteiger partial charge >= 0.3 is 0 Å². The minimum Gasteiger partial charge on any atom is -0.497 e. The number of amides is 1. The first-order valence-corrected chi connectivity index (χ1v) is 9.16. The van der Waals surface area contributed by atoms with E-state index in [1.165, 1.54) is 0 Å². The Kier molecular flexibility index (Phi) is 6.22. The van der Waals surface area contributed by atoms with Gasteiger partial charge < -0.3 is 14.2 Å². The maximum Gasteiger partial charge on any atom is 0.254 e. The Labute approximate surface area is 153 Å². The average molecular weight is 358 g/mol. The summed E-state index contributed by atoms with van der Waals surface area (Å²) in [5.74, 6) is 2.19. The number of ether oxygens (including phenoxy) is 1. The predicted octanol–water partition coefficient (Wildman–Crippen LogP) is 2.38. The van der Waals surface area contributed by atoms with Crippen LogP contribution in [0.15, 0.2) is 28.8 Å². The third-order valence-corrected chi connectivity index (χ3v) is 4.60. The molecule has 1 amide bonds. The summed E-state index contributed by atoms with van der Waals surface area (Å²) in [4.78, 5) is 21.2. The zero-order valence-electron chi connectivity index (χ0n) is 15.5. The lowest BCUT2D eigenvalue weighted by atomic mass is 10.1. The van der Waals surface area contributed by atoms with Crippen LogP contribution in [0, 0.1) is 0 Å². The monoisotopic (exact) mass is 358 g/mol. The molecule has 3 rings (SSSR count). The summed E-state index contributed by atoms with van der Waals surface area (Å²) in [5.41, 5.74) is 0.662. The molecule has 1 aliphatic rings. The number of aromatic nitrogens is 2. The number of carbonyl (C=O) groups is 1. The van der Waals surface area contributed by atoms with Crippen LogP contribution in [0.5, 0.6) is 5.75 Å². The van der Waals surface area contributed by atoms with Crippen LogP contribution in [0.25, 0.3) is 0 Å². The maximum atomic E-state index is 12.6. The summed E-state index contributed by atoms with van der Waals surface area (Å²) in [6.45, 7) is 5.75. The van der Waals surface area contributed by atoms with Crippen LogP contribution in [-0.4, -0.2) is 59.1 Å². The summed E-state index contributed by atoms with van der Waals surface area (Å²) in [5, 5.41) is 4.03. The molecule has 0 aliphatic carbocycles. The Morgan fingerprint density at radius 2 is 2.08 bits per heavy atom. The lowest BCUT2D eigenvalue weighted by molar-refractivity contribution is 0.0614. The van der Waals surface area contributed by atoms with Crippen molar-refractivity contribution in [3.63, 3.8) is 0 Å². The molecule has 26 heavy (non-hydrogen) atoms. The van der Waals surface area contributed by atoms with Crippen LogP contribution in [0.4, 0.5) is 0 Å². The number of unbranched alkanes of at least 4 members (excludes halogenated alkanes) is 1. The minimum absolute atomic E-state index is 0.0446. The molecule has 0 bridgehead atoms. The number of hydrogen-bond acceptors (Lipinski definition) is 6. The van der Waals surface area contributed by atoms with Crippen LogP contribution >= 0.6 is 0 Å². The number of hydrogen-bond donors (Lipinski definition) is 0. The van der Waals surface area contributed by atoms with Gasteiger partial charge in [0.2, 0.25) is 5.89 Å². The fraction of sp³-hybridized carbons (Fsp3) is 0.526. The summed E-state index contributed by atoms with van der Waals surface area (Å²) in [7, 11) is 1.60. The van der Waals surface area contributed by atoms with Crippen molar-refractivity contribution >= 4 is 5.91 Å². The molecule has 1 aliphatic heterocycles. The number of methoxy groups -OCH3 is 1. The van der Waals surface area contributed by atoms with Crippen molar-refractivity contribution in [2.45, 2.75) is 32.7 Å². The molecule has 1 saturated heterocycles. The summed E-state index contributed by atoms with van der Waals surface area (Å²) >= 11 is 0. The molecule has 7 nitrogen and oxygen atoms in total. The van der Waals surface area contributed by atoms with Crippen LogP contribution < -0.4 is 4.74 Å². The first kappa shape index (κ1) is 18.4. The van der Waals surface area contributed by atoms with Crippen LogP contribution in [0.3, 0.4) is 0 Å². The van der Waals surface area contributed by atoms with Gasteiger partial charge in [0, 0.05) is 38.2 Å². The molecule has 0 unspecified atom stereocenters. The standard InChI is InChI=1S/C19H26N4O3/c1-3-4-8-17-20-18(26-21-17)14-22-9-11-23(12-10-22)19(24)15-6-5-7-16(13-15)25-2/h5-7,13H,3-4,8-12,14H2,1-2H3. The second kappa shape index (κ2) is 8.80. The van der Waals surface area contributed by atoms with E-state index in [0.29, 0.717) is 36.8 Å². The Morgan fingerprint density at radius 1 is 1.27 bits per heavy atom. The van der Waals surface area contributed by atoms with Crippen LogP contribution in [0.1, 0.15) is 41.8 Å². The fourth-order valence-corrected chi connectivity index (χ4v) is 3.03. The van der Waals surface area contributed by atoms with Gasteiger partial charge in [0.05, 0.1) is 13.7 Å². The maximum absolute atomic E-state index is 12.6. The van der Waals surface area contributed by atoms with Crippen molar-refractivity contribution in [1.82, 2.24) is 19.9 Å². The van der Waals surface area contributed by atoms with E-state index in [2.05, 4.69) is 22.0 Å². The number of piperazine rings is 1. The molecule has 1 fully saturated rings. The second-order valence-electron chi connectivity index (χ2n) is 6.51. The second-order valence-corrected chi connectivity index (χ2v) is 6.51. The van der Waals surface area contributed by atoms with E-state index < -0.39 is 0 Å². The summed E-state index contributed by atoms with van der Waals surface area (Å²) in [6.07, 6.45) is 3.06. The first-order valence-electron chi connectivity index (χ1n) is 9.16. The SMILES string of the molecule is CCCCc1noc(CN2CCN(C(=O)c3cccc(OC)c3)CC2)n1. The summed E-state index contributed by atoms with van der Waals surface area (Å²) in [6, 6.07) is 7.29. The van der Waals surface area contributed by atoms with Gasteiger partial charge in [-0.25, -0.2) is 0 Å². The lowest BCUT2D eigenvalue weighted by Crippen LogP contribution is -2.48. The van der Waals surface area contributed by atoms with Gasteiger partial charge in [-0.15, -0.1) is 0 Å². The molecule has 1 aromatic heterocycles. The average Bonchev–Trinajstić information content (AvgIpc) is 3.13. The Hall–Kier alpha value is -2.41. The Morgan fingerprint density at radius 3 is 2.81 bits per heavy atom.